The topological polar surface area (TPSA) is 42.0 Å². The Morgan fingerprint density at radius 2 is 2.18 bits per heavy atom. The summed E-state index contributed by atoms with van der Waals surface area (Å²) in [6.07, 6.45) is 0.339. The zero-order valence-corrected chi connectivity index (χ0v) is 15.0. The van der Waals surface area contributed by atoms with Crippen molar-refractivity contribution in [2.24, 2.45) is 0 Å². The number of thiophene rings is 1. The molecule has 0 saturated heterocycles. The van der Waals surface area contributed by atoms with Crippen LogP contribution < -0.4 is 5.32 Å². The Labute approximate surface area is 145 Å². The summed E-state index contributed by atoms with van der Waals surface area (Å²) in [6, 6.07) is 11.6. The van der Waals surface area contributed by atoms with Crippen molar-refractivity contribution in [3.8, 4) is 10.6 Å². The first-order valence-corrected chi connectivity index (χ1v) is 9.16. The molecule has 0 atom stereocenters. The van der Waals surface area contributed by atoms with Gasteiger partial charge in [0.05, 0.1) is 22.0 Å². The molecular weight excluding hydrogens is 380 g/mol. The van der Waals surface area contributed by atoms with Crippen molar-refractivity contribution in [2.75, 3.05) is 5.32 Å². The summed E-state index contributed by atoms with van der Waals surface area (Å²) < 4.78 is 0.943. The minimum absolute atomic E-state index is 0.0282. The Bertz CT molecular complexity index is 796. The van der Waals surface area contributed by atoms with Crippen LogP contribution in [0.1, 0.15) is 9.88 Å². The van der Waals surface area contributed by atoms with E-state index < -0.39 is 0 Å². The van der Waals surface area contributed by atoms with Crippen molar-refractivity contribution in [3.63, 3.8) is 0 Å². The highest BCUT2D eigenvalue weighted by Gasteiger charge is 2.15. The maximum Gasteiger partial charge on any atom is 0.229 e. The number of rotatable bonds is 4. The molecule has 1 N–H and O–H groups in total. The molecule has 2 heterocycles. The largest absolute Gasteiger partial charge is 0.326 e. The molecule has 0 spiro atoms. The monoisotopic (exact) mass is 392 g/mol. The van der Waals surface area contributed by atoms with E-state index in [1.807, 2.05) is 48.7 Å². The molecule has 3 rings (SSSR count). The molecule has 0 saturated carbocycles. The minimum atomic E-state index is -0.0282. The van der Waals surface area contributed by atoms with Crippen LogP contribution in [0.3, 0.4) is 0 Å². The van der Waals surface area contributed by atoms with Crippen molar-refractivity contribution in [1.29, 1.82) is 0 Å². The van der Waals surface area contributed by atoms with Gasteiger partial charge in [-0.1, -0.05) is 28.1 Å². The second kappa shape index (κ2) is 6.73. The third kappa shape index (κ3) is 3.63. The van der Waals surface area contributed by atoms with Crippen molar-refractivity contribution in [1.82, 2.24) is 4.98 Å². The zero-order valence-electron chi connectivity index (χ0n) is 11.8. The van der Waals surface area contributed by atoms with E-state index in [0.717, 1.165) is 30.6 Å². The first-order chi connectivity index (χ1) is 10.6. The second-order valence-corrected chi connectivity index (χ2v) is 7.87. The number of carbonyl (C=O) groups excluding carboxylic acids is 1. The SMILES string of the molecule is Cc1nc(-c2cccs2)c(CC(=O)Nc2cccc(Br)c2)s1. The number of nitrogens with one attached hydrogen (secondary N) is 1. The number of thiazole rings is 1. The van der Waals surface area contributed by atoms with Gasteiger partial charge in [-0.25, -0.2) is 4.98 Å². The summed E-state index contributed by atoms with van der Waals surface area (Å²) in [5, 5.41) is 5.93. The van der Waals surface area contributed by atoms with Crippen LogP contribution in [0.2, 0.25) is 0 Å². The number of anilines is 1. The lowest BCUT2D eigenvalue weighted by Gasteiger charge is -2.05. The first kappa shape index (κ1) is 15.4. The molecule has 0 aliphatic heterocycles. The summed E-state index contributed by atoms with van der Waals surface area (Å²) >= 11 is 6.63. The summed E-state index contributed by atoms with van der Waals surface area (Å²) in [5.74, 6) is -0.0282. The minimum Gasteiger partial charge on any atom is -0.326 e. The van der Waals surface area contributed by atoms with Gasteiger partial charge >= 0.3 is 0 Å². The van der Waals surface area contributed by atoms with Crippen LogP contribution in [0.15, 0.2) is 46.3 Å². The van der Waals surface area contributed by atoms with Crippen molar-refractivity contribution in [3.05, 3.63) is 56.1 Å². The molecule has 0 aliphatic rings. The van der Waals surface area contributed by atoms with Crippen LogP contribution in [0.25, 0.3) is 10.6 Å². The molecule has 0 bridgehead atoms. The normalized spacial score (nSPS) is 10.6. The molecule has 22 heavy (non-hydrogen) atoms. The molecule has 1 aromatic carbocycles. The number of aryl methyl sites for hydroxylation is 1. The molecule has 0 unspecified atom stereocenters. The van der Waals surface area contributed by atoms with Gasteiger partial charge in [0, 0.05) is 15.0 Å². The Hall–Kier alpha value is -1.50. The lowest BCUT2D eigenvalue weighted by atomic mass is 10.2. The van der Waals surface area contributed by atoms with Crippen LogP contribution in [0, 0.1) is 6.92 Å². The molecule has 0 aliphatic carbocycles. The number of carbonyl (C=O) groups is 1. The third-order valence-corrected chi connectivity index (χ3v) is 5.33. The lowest BCUT2D eigenvalue weighted by Crippen LogP contribution is -2.14. The number of benzene rings is 1. The first-order valence-electron chi connectivity index (χ1n) is 6.67. The Balaban J connectivity index is 1.77. The molecule has 2 aromatic heterocycles. The molecule has 3 aromatic rings. The average Bonchev–Trinajstić information content (AvgIpc) is 3.08. The van der Waals surface area contributed by atoms with E-state index in [2.05, 4.69) is 26.2 Å². The number of aromatic nitrogens is 1. The van der Waals surface area contributed by atoms with Crippen molar-refractivity contribution in [2.45, 2.75) is 13.3 Å². The van der Waals surface area contributed by atoms with Gasteiger partial charge in [0.25, 0.3) is 0 Å². The van der Waals surface area contributed by atoms with Gasteiger partial charge in [-0.05, 0) is 36.6 Å². The van der Waals surface area contributed by atoms with Crippen molar-refractivity contribution < 1.29 is 4.79 Å². The van der Waals surface area contributed by atoms with Crippen LogP contribution in [-0.4, -0.2) is 10.9 Å². The predicted octanol–water partition coefficient (Wildman–Crippen LogP) is 5.12. The van der Waals surface area contributed by atoms with E-state index in [9.17, 15) is 4.79 Å². The van der Waals surface area contributed by atoms with Crippen LogP contribution in [0.4, 0.5) is 5.69 Å². The zero-order chi connectivity index (χ0) is 15.5. The number of amides is 1. The van der Waals surface area contributed by atoms with Gasteiger partial charge in [-0.15, -0.1) is 22.7 Å². The fourth-order valence-corrected chi connectivity index (χ4v) is 4.27. The number of hydrogen-bond donors (Lipinski definition) is 1. The van der Waals surface area contributed by atoms with Crippen molar-refractivity contribution >= 4 is 50.2 Å². The standard InChI is InChI=1S/C16H13BrN2OS2/c1-10-18-16(13-6-3-7-21-13)14(22-10)9-15(20)19-12-5-2-4-11(17)8-12/h2-8H,9H2,1H3,(H,19,20). The average molecular weight is 393 g/mol. The molecular formula is C16H13BrN2OS2. The maximum absolute atomic E-state index is 12.3. The fraction of sp³-hybridized carbons (Fsp3) is 0.125. The van der Waals surface area contributed by atoms with E-state index in [1.54, 1.807) is 22.7 Å². The van der Waals surface area contributed by atoms with Gasteiger partial charge in [0.2, 0.25) is 5.91 Å². The number of nitrogens with zero attached hydrogens (tertiary/aromatic N) is 1. The summed E-state index contributed by atoms with van der Waals surface area (Å²) in [4.78, 5) is 19.0. The number of halogens is 1. The predicted molar refractivity (Wildman–Crippen MR) is 96.6 cm³/mol. The summed E-state index contributed by atoms with van der Waals surface area (Å²) in [7, 11) is 0. The summed E-state index contributed by atoms with van der Waals surface area (Å²) in [6.45, 7) is 1.97. The molecule has 1 amide bonds. The summed E-state index contributed by atoms with van der Waals surface area (Å²) in [5.41, 5.74) is 1.72. The van der Waals surface area contributed by atoms with Gasteiger partial charge in [-0.3, -0.25) is 4.79 Å². The van der Waals surface area contributed by atoms with Crippen LogP contribution >= 0.6 is 38.6 Å². The van der Waals surface area contributed by atoms with Gasteiger partial charge in [-0.2, -0.15) is 0 Å². The van der Waals surface area contributed by atoms with E-state index >= 15 is 0 Å². The lowest BCUT2D eigenvalue weighted by molar-refractivity contribution is -0.115. The molecule has 112 valence electrons. The van der Waals surface area contributed by atoms with Gasteiger partial charge < -0.3 is 5.32 Å². The van der Waals surface area contributed by atoms with Crippen LogP contribution in [0.5, 0.6) is 0 Å². The van der Waals surface area contributed by atoms with Crippen LogP contribution in [-0.2, 0) is 11.2 Å². The van der Waals surface area contributed by atoms with E-state index in [1.165, 1.54) is 0 Å². The molecule has 6 heteroatoms. The second-order valence-electron chi connectivity index (χ2n) is 4.72. The molecule has 0 radical (unpaired) electrons. The fourth-order valence-electron chi connectivity index (χ4n) is 2.11. The van der Waals surface area contributed by atoms with E-state index in [-0.39, 0.29) is 5.91 Å². The molecule has 0 fully saturated rings. The quantitative estimate of drug-likeness (QED) is 0.668. The van der Waals surface area contributed by atoms with E-state index in [0.29, 0.717) is 6.42 Å². The number of hydrogen-bond acceptors (Lipinski definition) is 4. The Morgan fingerprint density at radius 1 is 1.32 bits per heavy atom. The third-order valence-electron chi connectivity index (χ3n) is 2.99. The highest BCUT2D eigenvalue weighted by molar-refractivity contribution is 9.10. The maximum atomic E-state index is 12.3. The Morgan fingerprint density at radius 3 is 2.91 bits per heavy atom. The van der Waals surface area contributed by atoms with Gasteiger partial charge in [0.15, 0.2) is 0 Å². The highest BCUT2D eigenvalue weighted by Crippen LogP contribution is 2.31. The highest BCUT2D eigenvalue weighted by atomic mass is 79.9. The van der Waals surface area contributed by atoms with Gasteiger partial charge in [0.1, 0.15) is 0 Å². The molecule has 3 nitrogen and oxygen atoms in total. The Kier molecular flexibility index (Phi) is 4.71. The smallest absolute Gasteiger partial charge is 0.229 e. The van der Waals surface area contributed by atoms with E-state index in [4.69, 9.17) is 0 Å².